The molecule has 1 aliphatic rings. The van der Waals surface area contributed by atoms with E-state index in [4.69, 9.17) is 33.0 Å². The lowest BCUT2D eigenvalue weighted by molar-refractivity contribution is -0.00903. The van der Waals surface area contributed by atoms with Gasteiger partial charge in [-0.2, -0.15) is 0 Å². The number of aliphatic hydroxyl groups excluding tert-OH is 1. The number of nitrogens with zero attached hydrogens (tertiary/aromatic N) is 3. The van der Waals surface area contributed by atoms with Crippen molar-refractivity contribution in [2.45, 2.75) is 25.5 Å². The molecule has 1 saturated heterocycles. The first kappa shape index (κ1) is 14.9. The van der Waals surface area contributed by atoms with Crippen molar-refractivity contribution in [2.75, 3.05) is 26.3 Å². The monoisotopic (exact) mass is 305 g/mol. The topological polar surface area (TPSA) is 58.5 Å². The van der Waals surface area contributed by atoms with Gasteiger partial charge in [0, 0.05) is 31.4 Å². The minimum Gasteiger partial charge on any atom is -0.394 e. The largest absolute Gasteiger partial charge is 0.394 e. The molecule has 2 heterocycles. The van der Waals surface area contributed by atoms with Gasteiger partial charge in [-0.3, -0.25) is 4.90 Å². The number of aromatic nitrogens is 2. The molecule has 1 aromatic rings. The second-order valence-corrected chi connectivity index (χ2v) is 5.22. The Balaban J connectivity index is 1.82. The number of rotatable bonds is 5. The Kier molecular flexibility index (Phi) is 5.78. The van der Waals surface area contributed by atoms with Crippen LogP contribution in [0.3, 0.4) is 0 Å². The van der Waals surface area contributed by atoms with Crippen LogP contribution in [0, 0.1) is 0 Å². The van der Waals surface area contributed by atoms with E-state index in [2.05, 4.69) is 14.9 Å². The molecular formula is C12H17Cl2N3O2. The predicted molar refractivity (Wildman–Crippen MR) is 73.4 cm³/mol. The van der Waals surface area contributed by atoms with Gasteiger partial charge in [-0.15, -0.1) is 0 Å². The van der Waals surface area contributed by atoms with Crippen LogP contribution in [0.5, 0.6) is 0 Å². The van der Waals surface area contributed by atoms with Gasteiger partial charge in [0.05, 0.1) is 19.3 Å². The first-order chi connectivity index (χ1) is 9.19. The molecule has 5 nitrogen and oxygen atoms in total. The van der Waals surface area contributed by atoms with E-state index < -0.39 is 0 Å². The average molecular weight is 306 g/mol. The molecule has 0 saturated carbocycles. The van der Waals surface area contributed by atoms with Crippen LogP contribution in [0.1, 0.15) is 18.4 Å². The van der Waals surface area contributed by atoms with E-state index in [1.807, 2.05) is 0 Å². The van der Waals surface area contributed by atoms with Gasteiger partial charge in [-0.1, -0.05) is 11.6 Å². The normalized spacial score (nSPS) is 17.8. The van der Waals surface area contributed by atoms with Crippen molar-refractivity contribution in [3.8, 4) is 0 Å². The van der Waals surface area contributed by atoms with E-state index >= 15 is 0 Å². The van der Waals surface area contributed by atoms with Crippen LogP contribution < -0.4 is 0 Å². The fourth-order valence-corrected chi connectivity index (χ4v) is 2.53. The summed E-state index contributed by atoms with van der Waals surface area (Å²) in [4.78, 5) is 10.2. The lowest BCUT2D eigenvalue weighted by Gasteiger charge is -2.31. The highest BCUT2D eigenvalue weighted by molar-refractivity contribution is 6.32. The lowest BCUT2D eigenvalue weighted by Crippen LogP contribution is -2.37. The van der Waals surface area contributed by atoms with Crippen LogP contribution in [0.25, 0.3) is 0 Å². The zero-order valence-corrected chi connectivity index (χ0v) is 12.1. The fraction of sp³-hybridized carbons (Fsp3) is 0.667. The third-order valence-electron chi connectivity index (χ3n) is 3.16. The summed E-state index contributed by atoms with van der Waals surface area (Å²) in [5.41, 5.74) is 0.890. The molecule has 0 unspecified atom stereocenters. The SMILES string of the molecule is OCCOC1CCN(Cc2cnc(Cl)nc2Cl)CC1. The highest BCUT2D eigenvalue weighted by Gasteiger charge is 2.20. The maximum Gasteiger partial charge on any atom is 0.223 e. The molecular weight excluding hydrogens is 289 g/mol. The standard InChI is InChI=1S/C12H17Cl2N3O2/c13-11-9(7-15-12(14)16-11)8-17-3-1-10(2-4-17)19-6-5-18/h7,10,18H,1-6,8H2. The van der Waals surface area contributed by atoms with Crippen molar-refractivity contribution >= 4 is 23.2 Å². The molecule has 0 aromatic carbocycles. The first-order valence-electron chi connectivity index (χ1n) is 6.30. The van der Waals surface area contributed by atoms with Gasteiger partial charge in [0.15, 0.2) is 0 Å². The van der Waals surface area contributed by atoms with Crippen LogP contribution in [-0.4, -0.2) is 52.4 Å². The lowest BCUT2D eigenvalue weighted by atomic mass is 10.1. The molecule has 2 rings (SSSR count). The number of halogens is 2. The van der Waals surface area contributed by atoms with Gasteiger partial charge in [0.25, 0.3) is 0 Å². The van der Waals surface area contributed by atoms with E-state index in [0.29, 0.717) is 11.8 Å². The van der Waals surface area contributed by atoms with Gasteiger partial charge in [0.1, 0.15) is 5.15 Å². The molecule has 1 aliphatic heterocycles. The molecule has 0 amide bonds. The maximum absolute atomic E-state index is 8.72. The van der Waals surface area contributed by atoms with E-state index in [1.165, 1.54) is 0 Å². The van der Waals surface area contributed by atoms with Crippen molar-refractivity contribution < 1.29 is 9.84 Å². The molecule has 1 N–H and O–H groups in total. The molecule has 1 aromatic heterocycles. The van der Waals surface area contributed by atoms with Gasteiger partial charge >= 0.3 is 0 Å². The van der Waals surface area contributed by atoms with Crippen molar-refractivity contribution in [2.24, 2.45) is 0 Å². The van der Waals surface area contributed by atoms with Crippen molar-refractivity contribution in [1.29, 1.82) is 0 Å². The second-order valence-electron chi connectivity index (χ2n) is 4.52. The van der Waals surface area contributed by atoms with Gasteiger partial charge < -0.3 is 9.84 Å². The molecule has 0 radical (unpaired) electrons. The first-order valence-corrected chi connectivity index (χ1v) is 7.06. The summed E-state index contributed by atoms with van der Waals surface area (Å²) in [5, 5.41) is 9.31. The Hall–Kier alpha value is -0.460. The smallest absolute Gasteiger partial charge is 0.223 e. The zero-order valence-electron chi connectivity index (χ0n) is 10.6. The van der Waals surface area contributed by atoms with Crippen LogP contribution in [-0.2, 0) is 11.3 Å². The Morgan fingerprint density at radius 3 is 2.74 bits per heavy atom. The summed E-state index contributed by atoms with van der Waals surface area (Å²) < 4.78 is 5.53. The molecule has 1 fully saturated rings. The summed E-state index contributed by atoms with van der Waals surface area (Å²) in [5.74, 6) is 0. The van der Waals surface area contributed by atoms with Crippen molar-refractivity contribution in [1.82, 2.24) is 14.9 Å². The minimum atomic E-state index is 0.0813. The van der Waals surface area contributed by atoms with Crippen molar-refractivity contribution in [3.63, 3.8) is 0 Å². The third kappa shape index (κ3) is 4.54. The summed E-state index contributed by atoms with van der Waals surface area (Å²) in [7, 11) is 0. The van der Waals surface area contributed by atoms with E-state index in [0.717, 1.165) is 38.0 Å². The number of likely N-dealkylation sites (tertiary alicyclic amines) is 1. The number of hydrogen-bond donors (Lipinski definition) is 1. The van der Waals surface area contributed by atoms with E-state index in [1.54, 1.807) is 6.20 Å². The molecule has 0 atom stereocenters. The predicted octanol–water partition coefficient (Wildman–Crippen LogP) is 1.76. The molecule has 0 spiro atoms. The highest BCUT2D eigenvalue weighted by atomic mass is 35.5. The summed E-state index contributed by atoms with van der Waals surface area (Å²) in [6.45, 7) is 3.10. The minimum absolute atomic E-state index is 0.0813. The molecule has 106 valence electrons. The van der Waals surface area contributed by atoms with E-state index in [9.17, 15) is 0 Å². The zero-order chi connectivity index (χ0) is 13.7. The van der Waals surface area contributed by atoms with Gasteiger partial charge in [-0.05, 0) is 24.4 Å². The fourth-order valence-electron chi connectivity index (χ4n) is 2.17. The molecule has 0 bridgehead atoms. The van der Waals surface area contributed by atoms with Gasteiger partial charge in [0.2, 0.25) is 5.28 Å². The maximum atomic E-state index is 8.72. The van der Waals surface area contributed by atoms with Crippen LogP contribution in [0.2, 0.25) is 10.4 Å². The third-order valence-corrected chi connectivity index (χ3v) is 3.67. The number of hydrogen-bond acceptors (Lipinski definition) is 5. The Morgan fingerprint density at radius 1 is 1.37 bits per heavy atom. The van der Waals surface area contributed by atoms with Crippen LogP contribution in [0.4, 0.5) is 0 Å². The Bertz CT molecular complexity index is 412. The van der Waals surface area contributed by atoms with Crippen LogP contribution >= 0.6 is 23.2 Å². The second kappa shape index (κ2) is 7.36. The van der Waals surface area contributed by atoms with Gasteiger partial charge in [-0.25, -0.2) is 9.97 Å². The van der Waals surface area contributed by atoms with Crippen LogP contribution in [0.15, 0.2) is 6.20 Å². The number of ether oxygens (including phenoxy) is 1. The van der Waals surface area contributed by atoms with E-state index in [-0.39, 0.29) is 18.0 Å². The molecule has 0 aliphatic carbocycles. The highest BCUT2D eigenvalue weighted by Crippen LogP contribution is 2.20. The summed E-state index contributed by atoms with van der Waals surface area (Å²) in [6, 6.07) is 0. The number of aliphatic hydroxyl groups is 1. The molecule has 19 heavy (non-hydrogen) atoms. The summed E-state index contributed by atoms with van der Waals surface area (Å²) in [6.07, 6.45) is 3.85. The van der Waals surface area contributed by atoms with Crippen molar-refractivity contribution in [3.05, 3.63) is 22.2 Å². The Labute approximate surface area is 122 Å². The summed E-state index contributed by atoms with van der Waals surface area (Å²) >= 11 is 11.7. The number of piperidine rings is 1. The average Bonchev–Trinajstić information content (AvgIpc) is 2.41. The molecule has 7 heteroatoms. The Morgan fingerprint density at radius 2 is 2.11 bits per heavy atom. The quantitative estimate of drug-likeness (QED) is 0.663.